The summed E-state index contributed by atoms with van der Waals surface area (Å²) in [7, 11) is 0. The van der Waals surface area contributed by atoms with E-state index >= 15 is 0 Å². The summed E-state index contributed by atoms with van der Waals surface area (Å²) in [4.78, 5) is 0.709. The van der Waals surface area contributed by atoms with E-state index in [0.29, 0.717) is 20.9 Å². The Labute approximate surface area is 73.3 Å². The van der Waals surface area contributed by atoms with Crippen molar-refractivity contribution >= 4 is 22.6 Å². The maximum Gasteiger partial charge on any atom is 0.135 e. The third-order valence-corrected chi connectivity index (χ3v) is 2.21. The van der Waals surface area contributed by atoms with E-state index in [1.54, 1.807) is 12.1 Å². The summed E-state index contributed by atoms with van der Waals surface area (Å²) >= 11 is 5.91. The van der Waals surface area contributed by atoms with Gasteiger partial charge in [-0.1, -0.05) is 22.5 Å². The van der Waals surface area contributed by atoms with Gasteiger partial charge in [0.25, 0.3) is 0 Å². The molecule has 0 aliphatic heterocycles. The van der Waals surface area contributed by atoms with Gasteiger partial charge in [0.05, 0.1) is 5.02 Å². The van der Waals surface area contributed by atoms with Crippen LogP contribution in [0.4, 0.5) is 0 Å². The summed E-state index contributed by atoms with van der Waals surface area (Å²) < 4.78 is 0. The van der Waals surface area contributed by atoms with Crippen LogP contribution in [0, 0.1) is 6.92 Å². The highest BCUT2D eigenvalue weighted by Gasteiger charge is 2.08. The molecule has 1 N–H and O–H groups in total. The Hall–Kier alpha value is -1.29. The molecule has 0 unspecified atom stereocenters. The number of fused-ring (bicyclic) bond motifs is 1. The molecule has 1 heterocycles. The minimum Gasteiger partial charge on any atom is -0.410 e. The van der Waals surface area contributed by atoms with E-state index < -0.39 is 0 Å². The Morgan fingerprint density at radius 1 is 1.50 bits per heavy atom. The molecule has 0 spiro atoms. The van der Waals surface area contributed by atoms with E-state index in [0.717, 1.165) is 5.56 Å². The van der Waals surface area contributed by atoms with Crippen LogP contribution >= 0.6 is 11.6 Å². The van der Waals surface area contributed by atoms with Crippen LogP contribution in [0.1, 0.15) is 5.56 Å². The number of rotatable bonds is 0. The van der Waals surface area contributed by atoms with Gasteiger partial charge in [-0.3, -0.25) is 0 Å². The highest BCUT2D eigenvalue weighted by molar-refractivity contribution is 6.35. The van der Waals surface area contributed by atoms with E-state index in [4.69, 9.17) is 16.8 Å². The van der Waals surface area contributed by atoms with Crippen LogP contribution in [-0.4, -0.2) is 20.4 Å². The smallest absolute Gasteiger partial charge is 0.135 e. The van der Waals surface area contributed by atoms with E-state index in [1.807, 2.05) is 6.92 Å². The van der Waals surface area contributed by atoms with Crippen LogP contribution in [0.5, 0.6) is 0 Å². The lowest BCUT2D eigenvalue weighted by Crippen LogP contribution is -1.91. The Kier molecular flexibility index (Phi) is 1.44. The van der Waals surface area contributed by atoms with Gasteiger partial charge in [0.1, 0.15) is 11.0 Å². The zero-order chi connectivity index (χ0) is 8.72. The molecule has 4 nitrogen and oxygen atoms in total. The third kappa shape index (κ3) is 0.848. The first-order valence-electron chi connectivity index (χ1n) is 3.40. The lowest BCUT2D eigenvalue weighted by atomic mass is 10.2. The van der Waals surface area contributed by atoms with Crippen LogP contribution in [0.3, 0.4) is 0 Å². The van der Waals surface area contributed by atoms with Gasteiger partial charge >= 0.3 is 0 Å². The molecular weight excluding hydrogens is 178 g/mol. The van der Waals surface area contributed by atoms with Gasteiger partial charge in [0, 0.05) is 0 Å². The van der Waals surface area contributed by atoms with Gasteiger partial charge in [-0.15, -0.1) is 5.10 Å². The fourth-order valence-electron chi connectivity index (χ4n) is 1.05. The molecule has 2 rings (SSSR count). The molecule has 0 radical (unpaired) electrons. The molecule has 0 saturated heterocycles. The predicted molar refractivity (Wildman–Crippen MR) is 44.5 cm³/mol. The summed E-state index contributed by atoms with van der Waals surface area (Å²) in [5, 5.41) is 16.8. The van der Waals surface area contributed by atoms with E-state index in [2.05, 4.69) is 10.3 Å². The number of benzene rings is 1. The topological polar surface area (TPSA) is 50.9 Å². The maximum atomic E-state index is 9.11. The molecule has 62 valence electrons. The predicted octanol–water partition coefficient (Wildman–Crippen LogP) is 1.63. The zero-order valence-corrected chi connectivity index (χ0v) is 7.08. The molecule has 0 amide bonds. The molecule has 0 saturated carbocycles. The molecule has 12 heavy (non-hydrogen) atoms. The maximum absolute atomic E-state index is 9.11. The zero-order valence-electron chi connectivity index (χ0n) is 6.32. The summed E-state index contributed by atoms with van der Waals surface area (Å²) in [6.07, 6.45) is 0. The van der Waals surface area contributed by atoms with Gasteiger partial charge in [-0.05, 0) is 23.8 Å². The number of halogens is 1. The van der Waals surface area contributed by atoms with Crippen molar-refractivity contribution in [1.82, 2.24) is 15.2 Å². The summed E-state index contributed by atoms with van der Waals surface area (Å²) in [6, 6.07) is 3.53. The first kappa shape index (κ1) is 7.36. The Bertz CT molecular complexity index is 437. The molecule has 2 aromatic rings. The SMILES string of the molecule is Cc1ccc2c(nnn2O)c1Cl. The first-order valence-corrected chi connectivity index (χ1v) is 3.77. The Balaban J connectivity index is 2.93. The summed E-state index contributed by atoms with van der Waals surface area (Å²) in [6.45, 7) is 1.87. The summed E-state index contributed by atoms with van der Waals surface area (Å²) in [5.74, 6) is 0. The minimum absolute atomic E-state index is 0.519. The molecule has 0 bridgehead atoms. The fraction of sp³-hybridized carbons (Fsp3) is 0.143. The summed E-state index contributed by atoms with van der Waals surface area (Å²) in [5.41, 5.74) is 1.97. The van der Waals surface area contributed by atoms with Gasteiger partial charge < -0.3 is 5.21 Å². The van der Waals surface area contributed by atoms with Crippen molar-refractivity contribution in [2.45, 2.75) is 6.92 Å². The molecule has 1 aromatic heterocycles. The lowest BCUT2D eigenvalue weighted by molar-refractivity contribution is 0.155. The molecule has 5 heteroatoms. The Morgan fingerprint density at radius 2 is 2.25 bits per heavy atom. The number of aryl methyl sites for hydroxylation is 1. The van der Waals surface area contributed by atoms with Gasteiger partial charge in [0.2, 0.25) is 0 Å². The average molecular weight is 184 g/mol. The lowest BCUT2D eigenvalue weighted by Gasteiger charge is -1.96. The highest BCUT2D eigenvalue weighted by atomic mass is 35.5. The molecule has 0 atom stereocenters. The van der Waals surface area contributed by atoms with Crippen molar-refractivity contribution in [2.24, 2.45) is 0 Å². The quantitative estimate of drug-likeness (QED) is 0.632. The second-order valence-corrected chi connectivity index (χ2v) is 2.92. The minimum atomic E-state index is 0.519. The van der Waals surface area contributed by atoms with Crippen molar-refractivity contribution in [3.05, 3.63) is 22.7 Å². The standard InChI is InChI=1S/C7H6ClN3O/c1-4-2-3-5-7(6(4)8)9-10-11(5)12/h2-3,12H,1H3. The van der Waals surface area contributed by atoms with Gasteiger partial charge in [-0.25, -0.2) is 0 Å². The van der Waals surface area contributed by atoms with Gasteiger partial charge in [0.15, 0.2) is 0 Å². The van der Waals surface area contributed by atoms with E-state index in [-0.39, 0.29) is 0 Å². The van der Waals surface area contributed by atoms with Crippen molar-refractivity contribution < 1.29 is 5.21 Å². The average Bonchev–Trinajstić information content (AvgIpc) is 2.41. The number of hydrogen-bond acceptors (Lipinski definition) is 3. The molecule has 0 fully saturated rings. The number of hydrogen-bond donors (Lipinski definition) is 1. The first-order chi connectivity index (χ1) is 5.70. The number of nitrogens with zero attached hydrogens (tertiary/aromatic N) is 3. The van der Waals surface area contributed by atoms with E-state index in [9.17, 15) is 0 Å². The van der Waals surface area contributed by atoms with E-state index in [1.165, 1.54) is 0 Å². The highest BCUT2D eigenvalue weighted by Crippen LogP contribution is 2.23. The van der Waals surface area contributed by atoms with Crippen molar-refractivity contribution in [2.75, 3.05) is 0 Å². The van der Waals surface area contributed by atoms with Crippen LogP contribution < -0.4 is 0 Å². The van der Waals surface area contributed by atoms with Crippen LogP contribution in [0.25, 0.3) is 11.0 Å². The molecule has 0 aliphatic carbocycles. The molecule has 0 aliphatic rings. The van der Waals surface area contributed by atoms with Gasteiger partial charge in [-0.2, -0.15) is 0 Å². The normalized spacial score (nSPS) is 10.8. The molecule has 1 aromatic carbocycles. The van der Waals surface area contributed by atoms with Crippen LogP contribution in [0.2, 0.25) is 5.02 Å². The Morgan fingerprint density at radius 3 is 3.00 bits per heavy atom. The second-order valence-electron chi connectivity index (χ2n) is 2.54. The monoisotopic (exact) mass is 183 g/mol. The molecular formula is C7H6ClN3O. The number of aromatic nitrogens is 3. The second kappa shape index (κ2) is 2.35. The fourth-order valence-corrected chi connectivity index (χ4v) is 1.24. The van der Waals surface area contributed by atoms with Crippen molar-refractivity contribution in [3.63, 3.8) is 0 Å². The van der Waals surface area contributed by atoms with Crippen molar-refractivity contribution in [1.29, 1.82) is 0 Å². The third-order valence-electron chi connectivity index (χ3n) is 1.73. The van der Waals surface area contributed by atoms with Crippen LogP contribution in [0.15, 0.2) is 12.1 Å². The van der Waals surface area contributed by atoms with Crippen LogP contribution in [-0.2, 0) is 0 Å². The van der Waals surface area contributed by atoms with Crippen molar-refractivity contribution in [3.8, 4) is 0 Å². The largest absolute Gasteiger partial charge is 0.410 e.